The molecule has 1 aliphatic heterocycles. The molecule has 3 unspecified atom stereocenters. The van der Waals surface area contributed by atoms with Gasteiger partial charge in [0.25, 0.3) is 0 Å². The van der Waals surface area contributed by atoms with Crippen molar-refractivity contribution in [1.29, 1.82) is 0 Å². The number of nitrogens with zero attached hydrogens (tertiary/aromatic N) is 1. The zero-order chi connectivity index (χ0) is 22.2. The van der Waals surface area contributed by atoms with E-state index in [0.717, 1.165) is 0 Å². The highest BCUT2D eigenvalue weighted by Crippen LogP contribution is 2.22. The number of benzene rings is 1. The standard InChI is InChI=1S/C18H25N3O7.C2H6/c22-10-15-8-14(21-25)9-18(28-15)27-7-6-19-16(23)11-26-12-17(24)20-13-4-2-1-3-5-13;1-2/h1-5,14-15,18,22H,6-12H2,(H,19,23)(H,20,24);1-2H3. The zero-order valence-electron chi connectivity index (χ0n) is 17.4. The maximum atomic E-state index is 11.7. The lowest BCUT2D eigenvalue weighted by Gasteiger charge is -2.31. The molecule has 3 atom stereocenters. The van der Waals surface area contributed by atoms with Crippen LogP contribution >= 0.6 is 0 Å². The highest BCUT2D eigenvalue weighted by molar-refractivity contribution is 5.91. The Bertz CT molecular complexity index is 630. The molecule has 10 nitrogen and oxygen atoms in total. The van der Waals surface area contributed by atoms with Crippen molar-refractivity contribution in [2.75, 3.05) is 38.3 Å². The normalized spacial score (nSPS) is 20.4. The van der Waals surface area contributed by atoms with E-state index in [2.05, 4.69) is 15.8 Å². The minimum atomic E-state index is -0.650. The number of amides is 2. The molecule has 10 heteroatoms. The lowest BCUT2D eigenvalue weighted by atomic mass is 10.0. The summed E-state index contributed by atoms with van der Waals surface area (Å²) in [5, 5.41) is 17.4. The number of ether oxygens (including phenoxy) is 3. The number of rotatable bonds is 11. The Hall–Kier alpha value is -2.40. The van der Waals surface area contributed by atoms with Crippen LogP contribution in [0.1, 0.15) is 26.7 Å². The topological polar surface area (TPSA) is 136 Å². The third-order valence-corrected chi connectivity index (χ3v) is 3.95. The molecule has 1 aliphatic rings. The van der Waals surface area contributed by atoms with Crippen LogP contribution < -0.4 is 10.6 Å². The molecule has 1 aromatic carbocycles. The summed E-state index contributed by atoms with van der Waals surface area (Å²) in [6.45, 7) is 3.66. The van der Waals surface area contributed by atoms with Gasteiger partial charge in [0, 0.05) is 25.1 Å². The molecule has 3 N–H and O–H groups in total. The molecule has 1 saturated heterocycles. The number of nitrogens with one attached hydrogen (secondary N) is 2. The summed E-state index contributed by atoms with van der Waals surface area (Å²) < 4.78 is 16.0. The molecule has 0 aromatic heterocycles. The Morgan fingerprint density at radius 2 is 1.87 bits per heavy atom. The van der Waals surface area contributed by atoms with Gasteiger partial charge in [-0.05, 0) is 12.1 Å². The maximum Gasteiger partial charge on any atom is 0.250 e. The molecule has 0 bridgehead atoms. The molecule has 30 heavy (non-hydrogen) atoms. The summed E-state index contributed by atoms with van der Waals surface area (Å²) in [6, 6.07) is 8.46. The molecular weight excluding hydrogens is 394 g/mol. The van der Waals surface area contributed by atoms with Crippen LogP contribution in [0.25, 0.3) is 0 Å². The van der Waals surface area contributed by atoms with Crippen LogP contribution in [0, 0.1) is 4.91 Å². The van der Waals surface area contributed by atoms with Crippen LogP contribution in [0.2, 0.25) is 0 Å². The quantitative estimate of drug-likeness (QED) is 0.360. The van der Waals surface area contributed by atoms with Crippen LogP contribution in [0.5, 0.6) is 0 Å². The second-order valence-electron chi connectivity index (χ2n) is 6.23. The summed E-state index contributed by atoms with van der Waals surface area (Å²) in [7, 11) is 0. The minimum Gasteiger partial charge on any atom is -0.394 e. The van der Waals surface area contributed by atoms with Crippen LogP contribution in [0.15, 0.2) is 35.5 Å². The van der Waals surface area contributed by atoms with Gasteiger partial charge in [-0.2, -0.15) is 4.91 Å². The fraction of sp³-hybridized carbons (Fsp3) is 0.600. The van der Waals surface area contributed by atoms with Crippen LogP contribution in [0.4, 0.5) is 5.69 Å². The first-order valence-electron chi connectivity index (χ1n) is 10.0. The van der Waals surface area contributed by atoms with Crippen LogP contribution in [0.3, 0.4) is 0 Å². The van der Waals surface area contributed by atoms with Crippen LogP contribution in [-0.4, -0.2) is 68.3 Å². The van der Waals surface area contributed by atoms with E-state index >= 15 is 0 Å². The SMILES string of the molecule is CC.O=NC1CC(CO)OC(OCCNC(=O)COCC(=O)Nc2ccccc2)C1. The molecule has 0 saturated carbocycles. The van der Waals surface area contributed by atoms with Gasteiger partial charge in [-0.3, -0.25) is 9.59 Å². The first-order valence-corrected chi connectivity index (χ1v) is 10.0. The van der Waals surface area contributed by atoms with Gasteiger partial charge in [0.2, 0.25) is 11.8 Å². The van der Waals surface area contributed by atoms with Crippen molar-refractivity contribution in [3.63, 3.8) is 0 Å². The van der Waals surface area contributed by atoms with Gasteiger partial charge in [0.1, 0.15) is 13.2 Å². The molecule has 168 valence electrons. The molecule has 0 radical (unpaired) electrons. The zero-order valence-corrected chi connectivity index (χ0v) is 17.4. The fourth-order valence-corrected chi connectivity index (χ4v) is 2.65. The van der Waals surface area contributed by atoms with Gasteiger partial charge in [-0.1, -0.05) is 37.2 Å². The monoisotopic (exact) mass is 425 g/mol. The van der Waals surface area contributed by atoms with Gasteiger partial charge < -0.3 is 30.0 Å². The van der Waals surface area contributed by atoms with Crippen molar-refractivity contribution >= 4 is 17.5 Å². The van der Waals surface area contributed by atoms with Crippen LogP contribution in [-0.2, 0) is 23.8 Å². The number of nitroso groups, excluding NO2 is 1. The average molecular weight is 425 g/mol. The predicted octanol–water partition coefficient (Wildman–Crippen LogP) is 1.43. The van der Waals surface area contributed by atoms with E-state index in [4.69, 9.17) is 19.3 Å². The number of para-hydroxylation sites is 1. The summed E-state index contributed by atoms with van der Waals surface area (Å²) >= 11 is 0. The number of anilines is 1. The highest BCUT2D eigenvalue weighted by Gasteiger charge is 2.30. The maximum absolute atomic E-state index is 11.7. The third kappa shape index (κ3) is 10.4. The smallest absolute Gasteiger partial charge is 0.250 e. The second-order valence-corrected chi connectivity index (χ2v) is 6.23. The van der Waals surface area contributed by atoms with Gasteiger partial charge in [0.05, 0.1) is 25.4 Å². The van der Waals surface area contributed by atoms with Gasteiger partial charge in [-0.15, -0.1) is 0 Å². The molecule has 2 amide bonds. The Morgan fingerprint density at radius 1 is 1.17 bits per heavy atom. The number of aliphatic hydroxyl groups is 1. The van der Waals surface area contributed by atoms with Crippen molar-refractivity contribution in [1.82, 2.24) is 5.32 Å². The predicted molar refractivity (Wildman–Crippen MR) is 111 cm³/mol. The molecular formula is C20H31N3O7. The lowest BCUT2D eigenvalue weighted by Crippen LogP contribution is -2.39. The first-order chi connectivity index (χ1) is 14.6. The molecule has 1 fully saturated rings. The number of hydrogen-bond donors (Lipinski definition) is 3. The van der Waals surface area contributed by atoms with Crippen molar-refractivity contribution in [2.24, 2.45) is 5.18 Å². The molecule has 2 rings (SSSR count). The van der Waals surface area contributed by atoms with Crippen molar-refractivity contribution < 1.29 is 28.9 Å². The second kappa shape index (κ2) is 15.4. The Morgan fingerprint density at radius 3 is 2.53 bits per heavy atom. The van der Waals surface area contributed by atoms with E-state index < -0.39 is 18.4 Å². The minimum absolute atomic E-state index is 0.161. The average Bonchev–Trinajstić information content (AvgIpc) is 2.78. The first kappa shape index (κ1) is 25.6. The fourth-order valence-electron chi connectivity index (χ4n) is 2.65. The molecule has 0 aliphatic carbocycles. The van der Waals surface area contributed by atoms with E-state index in [9.17, 15) is 14.5 Å². The van der Waals surface area contributed by atoms with Crippen molar-refractivity contribution in [2.45, 2.75) is 45.1 Å². The Labute approximate surface area is 176 Å². The number of carbonyl (C=O) groups is 2. The number of carbonyl (C=O) groups excluding carboxylic acids is 2. The van der Waals surface area contributed by atoms with E-state index in [1.807, 2.05) is 19.9 Å². The van der Waals surface area contributed by atoms with Gasteiger partial charge in [0.15, 0.2) is 6.29 Å². The van der Waals surface area contributed by atoms with E-state index in [-0.39, 0.29) is 44.8 Å². The van der Waals surface area contributed by atoms with Gasteiger partial charge >= 0.3 is 0 Å². The van der Waals surface area contributed by atoms with Gasteiger partial charge in [-0.25, -0.2) is 0 Å². The van der Waals surface area contributed by atoms with E-state index in [0.29, 0.717) is 18.5 Å². The number of aliphatic hydroxyl groups excluding tert-OH is 1. The highest BCUT2D eigenvalue weighted by atomic mass is 16.7. The largest absolute Gasteiger partial charge is 0.394 e. The molecule has 0 spiro atoms. The summed E-state index contributed by atoms with van der Waals surface area (Å²) in [6.07, 6.45) is -0.450. The molecule has 1 heterocycles. The lowest BCUT2D eigenvalue weighted by molar-refractivity contribution is -0.203. The molecule has 1 aromatic rings. The summed E-state index contributed by atoms with van der Waals surface area (Å²) in [5.41, 5.74) is 0.651. The van der Waals surface area contributed by atoms with Crippen molar-refractivity contribution in [3.05, 3.63) is 35.2 Å². The van der Waals surface area contributed by atoms with E-state index in [1.165, 1.54) is 0 Å². The summed E-state index contributed by atoms with van der Waals surface area (Å²) in [5.74, 6) is -0.741. The Kier molecular flexibility index (Phi) is 13.2. The summed E-state index contributed by atoms with van der Waals surface area (Å²) in [4.78, 5) is 34.1. The Balaban J connectivity index is 0.00000218. The van der Waals surface area contributed by atoms with Crippen molar-refractivity contribution in [3.8, 4) is 0 Å². The van der Waals surface area contributed by atoms with E-state index in [1.54, 1.807) is 24.3 Å². The number of hydrogen-bond acceptors (Lipinski definition) is 8. The third-order valence-electron chi connectivity index (χ3n) is 3.95.